The molecule has 0 bridgehead atoms. The average molecular weight is 519 g/mol. The lowest BCUT2D eigenvalue weighted by molar-refractivity contribution is 0.0734. The second kappa shape index (κ2) is 10.7. The third-order valence-corrected chi connectivity index (χ3v) is 6.66. The van der Waals surface area contributed by atoms with Gasteiger partial charge in [0.25, 0.3) is 11.8 Å². The van der Waals surface area contributed by atoms with Gasteiger partial charge in [-0.15, -0.1) is 0 Å². The molecular weight excluding hydrogens is 490 g/mol. The van der Waals surface area contributed by atoms with Crippen LogP contribution in [-0.2, 0) is 13.0 Å². The quantitative estimate of drug-likeness (QED) is 0.348. The molecule has 0 atom stereocenters. The van der Waals surface area contributed by atoms with Gasteiger partial charge in [-0.3, -0.25) is 14.5 Å². The van der Waals surface area contributed by atoms with Gasteiger partial charge in [-0.05, 0) is 68.9 Å². The number of halogens is 2. The van der Waals surface area contributed by atoms with E-state index in [0.717, 1.165) is 24.1 Å². The van der Waals surface area contributed by atoms with Gasteiger partial charge >= 0.3 is 6.01 Å². The molecule has 0 saturated heterocycles. The molecule has 2 amide bonds. The zero-order valence-electron chi connectivity index (χ0n) is 21.3. The normalized spacial score (nSPS) is 13.1. The minimum absolute atomic E-state index is 0.0769. The highest BCUT2D eigenvalue weighted by Gasteiger charge is 2.26. The number of benzene rings is 3. The van der Waals surface area contributed by atoms with Crippen molar-refractivity contribution in [1.29, 1.82) is 0 Å². The van der Waals surface area contributed by atoms with Gasteiger partial charge in [0.15, 0.2) is 11.4 Å². The minimum atomic E-state index is -0.862. The maximum absolute atomic E-state index is 14.3. The first-order valence-corrected chi connectivity index (χ1v) is 12.5. The van der Waals surface area contributed by atoms with Crippen molar-refractivity contribution >= 4 is 28.9 Å². The summed E-state index contributed by atoms with van der Waals surface area (Å²) in [5.74, 6) is -2.17. The van der Waals surface area contributed by atoms with Crippen LogP contribution in [0.4, 0.5) is 14.8 Å². The molecule has 1 aliphatic heterocycles. The number of fused-ring (bicyclic) bond motifs is 2. The van der Waals surface area contributed by atoms with E-state index in [0.29, 0.717) is 37.2 Å². The van der Waals surface area contributed by atoms with Crippen LogP contribution >= 0.6 is 0 Å². The molecule has 38 heavy (non-hydrogen) atoms. The molecule has 5 rings (SSSR count). The van der Waals surface area contributed by atoms with E-state index in [1.165, 1.54) is 10.5 Å². The molecular formula is C29H28F2N4O3. The van der Waals surface area contributed by atoms with Crippen LogP contribution in [-0.4, -0.2) is 60.3 Å². The summed E-state index contributed by atoms with van der Waals surface area (Å²) >= 11 is 0. The van der Waals surface area contributed by atoms with Crippen LogP contribution in [0.3, 0.4) is 0 Å². The number of anilines is 1. The third kappa shape index (κ3) is 5.28. The monoisotopic (exact) mass is 518 g/mol. The highest BCUT2D eigenvalue weighted by atomic mass is 19.1. The molecule has 0 unspecified atom stereocenters. The van der Waals surface area contributed by atoms with E-state index in [1.807, 2.05) is 37.2 Å². The summed E-state index contributed by atoms with van der Waals surface area (Å²) in [5, 5.41) is 0. The molecule has 0 aliphatic carbocycles. The fraction of sp³-hybridized carbons (Fsp3) is 0.276. The first kappa shape index (κ1) is 25.5. The fourth-order valence-electron chi connectivity index (χ4n) is 4.65. The van der Waals surface area contributed by atoms with Crippen molar-refractivity contribution in [3.05, 3.63) is 94.6 Å². The van der Waals surface area contributed by atoms with Crippen LogP contribution in [0.5, 0.6) is 0 Å². The molecule has 0 spiro atoms. The molecule has 196 valence electrons. The second-order valence-electron chi connectivity index (χ2n) is 9.67. The van der Waals surface area contributed by atoms with E-state index in [-0.39, 0.29) is 29.6 Å². The molecule has 7 nitrogen and oxygen atoms in total. The Morgan fingerprint density at radius 3 is 2.42 bits per heavy atom. The van der Waals surface area contributed by atoms with E-state index in [1.54, 1.807) is 29.2 Å². The maximum atomic E-state index is 14.3. The first-order valence-electron chi connectivity index (χ1n) is 12.5. The zero-order chi connectivity index (χ0) is 26.8. The molecule has 2 heterocycles. The number of hydrogen-bond acceptors (Lipinski definition) is 5. The van der Waals surface area contributed by atoms with Gasteiger partial charge in [0.1, 0.15) is 11.3 Å². The van der Waals surface area contributed by atoms with Crippen molar-refractivity contribution in [1.82, 2.24) is 14.8 Å². The predicted octanol–water partition coefficient (Wildman–Crippen LogP) is 4.90. The van der Waals surface area contributed by atoms with Crippen LogP contribution in [0.15, 0.2) is 65.1 Å². The number of carbonyl (C=O) groups excluding carboxylic acids is 2. The van der Waals surface area contributed by atoms with Crippen molar-refractivity contribution in [3.63, 3.8) is 0 Å². The molecule has 0 radical (unpaired) electrons. The number of nitrogens with zero attached hydrogens (tertiary/aromatic N) is 4. The molecule has 0 fully saturated rings. The fourth-order valence-corrected chi connectivity index (χ4v) is 4.65. The zero-order valence-corrected chi connectivity index (χ0v) is 21.3. The van der Waals surface area contributed by atoms with Crippen molar-refractivity contribution in [2.45, 2.75) is 19.4 Å². The summed E-state index contributed by atoms with van der Waals surface area (Å²) in [4.78, 5) is 35.9. The second-order valence-corrected chi connectivity index (χ2v) is 9.67. The van der Waals surface area contributed by atoms with Crippen molar-refractivity contribution in [3.8, 4) is 0 Å². The predicted molar refractivity (Wildman–Crippen MR) is 140 cm³/mol. The lowest BCUT2D eigenvalue weighted by Crippen LogP contribution is -2.36. The Labute approximate surface area is 219 Å². The van der Waals surface area contributed by atoms with Crippen molar-refractivity contribution in [2.75, 3.05) is 38.6 Å². The van der Waals surface area contributed by atoms with Crippen LogP contribution in [0.2, 0.25) is 0 Å². The Morgan fingerprint density at radius 2 is 1.68 bits per heavy atom. The number of oxazole rings is 1. The van der Waals surface area contributed by atoms with Crippen molar-refractivity contribution < 1.29 is 22.8 Å². The average Bonchev–Trinajstić information content (AvgIpc) is 3.34. The molecule has 9 heteroatoms. The van der Waals surface area contributed by atoms with Gasteiger partial charge in [0.05, 0.1) is 0 Å². The van der Waals surface area contributed by atoms with Gasteiger partial charge < -0.3 is 14.2 Å². The van der Waals surface area contributed by atoms with Gasteiger partial charge in [0.2, 0.25) is 0 Å². The molecule has 3 aromatic carbocycles. The Morgan fingerprint density at radius 1 is 0.974 bits per heavy atom. The summed E-state index contributed by atoms with van der Waals surface area (Å²) in [6.45, 7) is 2.12. The lowest BCUT2D eigenvalue weighted by Gasteiger charge is -2.29. The topological polar surface area (TPSA) is 69.9 Å². The number of carbonyl (C=O) groups is 2. The molecule has 4 aromatic rings. The van der Waals surface area contributed by atoms with Gasteiger partial charge in [0, 0.05) is 42.9 Å². The summed E-state index contributed by atoms with van der Waals surface area (Å²) in [6.07, 6.45) is 1.40. The summed E-state index contributed by atoms with van der Waals surface area (Å²) < 4.78 is 33.5. The van der Waals surface area contributed by atoms with Gasteiger partial charge in [-0.25, -0.2) is 8.78 Å². The summed E-state index contributed by atoms with van der Waals surface area (Å²) in [7, 11) is 3.83. The first-order chi connectivity index (χ1) is 18.3. The van der Waals surface area contributed by atoms with Gasteiger partial charge in [-0.2, -0.15) is 4.98 Å². The lowest BCUT2D eigenvalue weighted by atomic mass is 9.99. The van der Waals surface area contributed by atoms with E-state index < -0.39 is 17.5 Å². The third-order valence-electron chi connectivity index (χ3n) is 6.66. The summed E-state index contributed by atoms with van der Waals surface area (Å²) in [6, 6.07) is 16.2. The Hall–Kier alpha value is -4.11. The highest BCUT2D eigenvalue weighted by Crippen LogP contribution is 2.27. The Balaban J connectivity index is 1.37. The van der Waals surface area contributed by atoms with Crippen LogP contribution in [0, 0.1) is 11.6 Å². The van der Waals surface area contributed by atoms with E-state index in [2.05, 4.69) is 11.1 Å². The molecule has 0 N–H and O–H groups in total. The van der Waals surface area contributed by atoms with Gasteiger partial charge in [-0.1, -0.05) is 24.3 Å². The SMILES string of the molecule is CN(C)CCCN(C(=O)c1ccc(C(=O)N2CCc3ccccc3C2)cc1)c1nc2c(F)cc(F)cc2o1. The van der Waals surface area contributed by atoms with Crippen molar-refractivity contribution in [2.24, 2.45) is 0 Å². The van der Waals surface area contributed by atoms with E-state index >= 15 is 0 Å². The van der Waals surface area contributed by atoms with Crippen LogP contribution < -0.4 is 4.90 Å². The number of amides is 2. The minimum Gasteiger partial charge on any atom is -0.423 e. The van der Waals surface area contributed by atoms with Crippen LogP contribution in [0.25, 0.3) is 11.1 Å². The Bertz CT molecular complexity index is 1480. The highest BCUT2D eigenvalue weighted by molar-refractivity contribution is 6.06. The molecule has 1 aromatic heterocycles. The summed E-state index contributed by atoms with van der Waals surface area (Å²) in [5.41, 5.74) is 2.99. The number of hydrogen-bond donors (Lipinski definition) is 0. The van der Waals surface area contributed by atoms with Crippen LogP contribution in [0.1, 0.15) is 38.3 Å². The van der Waals surface area contributed by atoms with E-state index in [4.69, 9.17) is 4.42 Å². The molecule has 1 aliphatic rings. The maximum Gasteiger partial charge on any atom is 0.305 e. The van der Waals surface area contributed by atoms with E-state index in [9.17, 15) is 18.4 Å². The number of aromatic nitrogens is 1. The molecule has 0 saturated carbocycles. The largest absolute Gasteiger partial charge is 0.423 e. The Kier molecular flexibility index (Phi) is 7.20. The number of rotatable bonds is 7. The standard InChI is InChI=1S/C29H28F2N4O3/c1-33(2)13-5-14-35(29-32-26-24(31)16-23(30)17-25(26)38-29)28(37)21-10-8-20(9-11-21)27(36)34-15-12-19-6-3-4-7-22(19)18-34/h3-4,6-11,16-17H,5,12-15,18H2,1-2H3. The smallest absolute Gasteiger partial charge is 0.305 e.